The number of benzene rings is 1. The van der Waals surface area contributed by atoms with E-state index in [2.05, 4.69) is 31.8 Å². The standard InChI is InChI=1S/C16H25NO/c1-4-16(3,14-17-5-2)12-9-13-18-15-10-7-6-8-11-15/h4,6-8,10-11,17H,1,5,9,12-14H2,2-3H3. The summed E-state index contributed by atoms with van der Waals surface area (Å²) in [5.74, 6) is 0.949. The molecule has 0 saturated carbocycles. The third kappa shape index (κ3) is 5.37. The lowest BCUT2D eigenvalue weighted by Crippen LogP contribution is -2.30. The molecule has 0 aromatic heterocycles. The molecule has 0 fully saturated rings. The van der Waals surface area contributed by atoms with Gasteiger partial charge in [0.15, 0.2) is 0 Å². The van der Waals surface area contributed by atoms with Gasteiger partial charge in [0.1, 0.15) is 5.75 Å². The van der Waals surface area contributed by atoms with Crippen molar-refractivity contribution in [2.24, 2.45) is 5.41 Å². The second kappa shape index (κ2) is 7.93. The zero-order chi connectivity index (χ0) is 13.3. The second-order valence-corrected chi connectivity index (χ2v) is 4.90. The molecule has 0 bridgehead atoms. The first-order chi connectivity index (χ1) is 8.70. The molecule has 100 valence electrons. The molecule has 1 aromatic rings. The van der Waals surface area contributed by atoms with Gasteiger partial charge in [-0.25, -0.2) is 0 Å². The molecule has 1 aromatic carbocycles. The summed E-state index contributed by atoms with van der Waals surface area (Å²) in [4.78, 5) is 0. The highest BCUT2D eigenvalue weighted by Crippen LogP contribution is 2.23. The molecule has 2 nitrogen and oxygen atoms in total. The fraction of sp³-hybridized carbons (Fsp3) is 0.500. The van der Waals surface area contributed by atoms with Gasteiger partial charge in [0, 0.05) is 6.54 Å². The van der Waals surface area contributed by atoms with Crippen LogP contribution in [-0.2, 0) is 0 Å². The van der Waals surface area contributed by atoms with Crippen molar-refractivity contribution >= 4 is 0 Å². The van der Waals surface area contributed by atoms with Crippen LogP contribution in [0, 0.1) is 5.41 Å². The highest BCUT2D eigenvalue weighted by atomic mass is 16.5. The molecule has 1 N–H and O–H groups in total. The minimum absolute atomic E-state index is 0.163. The van der Waals surface area contributed by atoms with Crippen molar-refractivity contribution in [1.29, 1.82) is 0 Å². The van der Waals surface area contributed by atoms with Gasteiger partial charge in [0.25, 0.3) is 0 Å². The van der Waals surface area contributed by atoms with E-state index in [0.29, 0.717) is 0 Å². The summed E-state index contributed by atoms with van der Waals surface area (Å²) in [6, 6.07) is 9.97. The van der Waals surface area contributed by atoms with Crippen LogP contribution in [0.1, 0.15) is 26.7 Å². The number of ether oxygens (including phenoxy) is 1. The first kappa shape index (κ1) is 14.8. The van der Waals surface area contributed by atoms with E-state index in [0.717, 1.165) is 38.3 Å². The molecule has 18 heavy (non-hydrogen) atoms. The van der Waals surface area contributed by atoms with Gasteiger partial charge in [0.05, 0.1) is 6.61 Å². The number of nitrogens with one attached hydrogen (secondary N) is 1. The van der Waals surface area contributed by atoms with Gasteiger partial charge in [0.2, 0.25) is 0 Å². The molecular weight excluding hydrogens is 222 g/mol. The Bertz CT molecular complexity index is 336. The lowest BCUT2D eigenvalue weighted by molar-refractivity contribution is 0.270. The van der Waals surface area contributed by atoms with E-state index in [1.165, 1.54) is 0 Å². The average molecular weight is 247 g/mol. The molecule has 2 heteroatoms. The van der Waals surface area contributed by atoms with E-state index in [1.807, 2.05) is 30.3 Å². The normalized spacial score (nSPS) is 13.9. The predicted molar refractivity (Wildman–Crippen MR) is 78.0 cm³/mol. The highest BCUT2D eigenvalue weighted by Gasteiger charge is 2.18. The summed E-state index contributed by atoms with van der Waals surface area (Å²) >= 11 is 0. The number of rotatable bonds is 9. The third-order valence-electron chi connectivity index (χ3n) is 3.18. The van der Waals surface area contributed by atoms with Crippen LogP contribution in [0.3, 0.4) is 0 Å². The van der Waals surface area contributed by atoms with Gasteiger partial charge in [-0.2, -0.15) is 0 Å². The first-order valence-electron chi connectivity index (χ1n) is 6.72. The summed E-state index contributed by atoms with van der Waals surface area (Å²) < 4.78 is 5.70. The lowest BCUT2D eigenvalue weighted by Gasteiger charge is -2.26. The quantitative estimate of drug-likeness (QED) is 0.531. The largest absolute Gasteiger partial charge is 0.494 e. The Morgan fingerprint density at radius 1 is 1.33 bits per heavy atom. The summed E-state index contributed by atoms with van der Waals surface area (Å²) in [5.41, 5.74) is 0.163. The SMILES string of the molecule is C=CC(C)(CCCOc1ccccc1)CNCC. The molecule has 0 radical (unpaired) electrons. The van der Waals surface area contributed by atoms with Crippen molar-refractivity contribution in [3.8, 4) is 5.75 Å². The van der Waals surface area contributed by atoms with Crippen LogP contribution in [0.5, 0.6) is 5.75 Å². The van der Waals surface area contributed by atoms with Crippen LogP contribution >= 0.6 is 0 Å². The molecule has 0 amide bonds. The number of hydrogen-bond donors (Lipinski definition) is 1. The molecule has 0 aliphatic heterocycles. The van der Waals surface area contributed by atoms with Crippen molar-refractivity contribution in [1.82, 2.24) is 5.32 Å². The highest BCUT2D eigenvalue weighted by molar-refractivity contribution is 5.20. The summed E-state index contributed by atoms with van der Waals surface area (Å²) in [7, 11) is 0. The zero-order valence-electron chi connectivity index (χ0n) is 11.6. The maximum absolute atomic E-state index is 5.70. The average Bonchev–Trinajstić information content (AvgIpc) is 2.43. The van der Waals surface area contributed by atoms with Gasteiger partial charge in [-0.15, -0.1) is 6.58 Å². The minimum atomic E-state index is 0.163. The topological polar surface area (TPSA) is 21.3 Å². The molecular formula is C16H25NO. The smallest absolute Gasteiger partial charge is 0.119 e. The van der Waals surface area contributed by atoms with Gasteiger partial charge in [-0.1, -0.05) is 38.1 Å². The molecule has 0 aliphatic rings. The number of para-hydroxylation sites is 1. The van der Waals surface area contributed by atoms with Crippen molar-refractivity contribution in [3.63, 3.8) is 0 Å². The van der Waals surface area contributed by atoms with E-state index < -0.39 is 0 Å². The van der Waals surface area contributed by atoms with Crippen molar-refractivity contribution in [3.05, 3.63) is 43.0 Å². The Kier molecular flexibility index (Phi) is 6.51. The van der Waals surface area contributed by atoms with Crippen LogP contribution in [0.15, 0.2) is 43.0 Å². The van der Waals surface area contributed by atoms with Crippen molar-refractivity contribution in [2.75, 3.05) is 19.7 Å². The van der Waals surface area contributed by atoms with E-state index >= 15 is 0 Å². The van der Waals surface area contributed by atoms with Gasteiger partial charge >= 0.3 is 0 Å². The maximum Gasteiger partial charge on any atom is 0.119 e. The molecule has 0 spiro atoms. The summed E-state index contributed by atoms with van der Waals surface area (Å²) in [6.45, 7) is 11.1. The lowest BCUT2D eigenvalue weighted by atomic mass is 9.85. The zero-order valence-corrected chi connectivity index (χ0v) is 11.6. The van der Waals surface area contributed by atoms with Crippen LogP contribution in [0.2, 0.25) is 0 Å². The Morgan fingerprint density at radius 2 is 2.06 bits per heavy atom. The Labute approximate surface area is 111 Å². The van der Waals surface area contributed by atoms with E-state index in [4.69, 9.17) is 4.74 Å². The van der Waals surface area contributed by atoms with E-state index in [-0.39, 0.29) is 5.41 Å². The van der Waals surface area contributed by atoms with Crippen molar-refractivity contribution < 1.29 is 4.74 Å². The summed E-state index contributed by atoms with van der Waals surface area (Å²) in [5, 5.41) is 3.39. The van der Waals surface area contributed by atoms with E-state index in [9.17, 15) is 0 Å². The molecule has 1 unspecified atom stereocenters. The second-order valence-electron chi connectivity index (χ2n) is 4.90. The van der Waals surface area contributed by atoms with Gasteiger partial charge in [-0.05, 0) is 36.9 Å². The van der Waals surface area contributed by atoms with Crippen LogP contribution in [0.4, 0.5) is 0 Å². The number of hydrogen-bond acceptors (Lipinski definition) is 2. The summed E-state index contributed by atoms with van der Waals surface area (Å²) in [6.07, 6.45) is 4.19. The molecule has 0 saturated heterocycles. The first-order valence-corrected chi connectivity index (χ1v) is 6.72. The Hall–Kier alpha value is -1.28. The van der Waals surface area contributed by atoms with Gasteiger partial charge in [-0.3, -0.25) is 0 Å². The molecule has 1 rings (SSSR count). The van der Waals surface area contributed by atoms with Gasteiger partial charge < -0.3 is 10.1 Å². The maximum atomic E-state index is 5.70. The Balaban J connectivity index is 2.25. The monoisotopic (exact) mass is 247 g/mol. The fourth-order valence-electron chi connectivity index (χ4n) is 1.86. The van der Waals surface area contributed by atoms with Crippen LogP contribution in [0.25, 0.3) is 0 Å². The minimum Gasteiger partial charge on any atom is -0.494 e. The molecule has 0 heterocycles. The fourth-order valence-corrected chi connectivity index (χ4v) is 1.86. The van der Waals surface area contributed by atoms with E-state index in [1.54, 1.807) is 0 Å². The van der Waals surface area contributed by atoms with Crippen molar-refractivity contribution in [2.45, 2.75) is 26.7 Å². The third-order valence-corrected chi connectivity index (χ3v) is 3.18. The van der Waals surface area contributed by atoms with Crippen LogP contribution in [-0.4, -0.2) is 19.7 Å². The predicted octanol–water partition coefficient (Wildman–Crippen LogP) is 3.65. The molecule has 1 atom stereocenters. The Morgan fingerprint density at radius 3 is 2.67 bits per heavy atom. The molecule has 0 aliphatic carbocycles. The van der Waals surface area contributed by atoms with Crippen LogP contribution < -0.4 is 10.1 Å².